The van der Waals surface area contributed by atoms with Crippen LogP contribution >= 0.6 is 0 Å². The number of halogens is 3. The summed E-state index contributed by atoms with van der Waals surface area (Å²) in [6.07, 6.45) is 3.24. The molecule has 0 saturated carbocycles. The van der Waals surface area contributed by atoms with E-state index in [1.165, 1.54) is 32.0 Å². The molecule has 4 nitrogen and oxygen atoms in total. The fraction of sp³-hybridized carbons (Fsp3) is 0.550. The Morgan fingerprint density at radius 1 is 1.04 bits per heavy atom. The third-order valence-electron chi connectivity index (χ3n) is 5.80. The van der Waals surface area contributed by atoms with Crippen molar-refractivity contribution < 1.29 is 13.2 Å². The van der Waals surface area contributed by atoms with E-state index >= 15 is 0 Å². The summed E-state index contributed by atoms with van der Waals surface area (Å²) in [5.41, 5.74) is 0.939. The summed E-state index contributed by atoms with van der Waals surface area (Å²) in [5, 5.41) is 6.49. The van der Waals surface area contributed by atoms with E-state index in [0.717, 1.165) is 19.4 Å². The summed E-state index contributed by atoms with van der Waals surface area (Å²) in [6, 6.07) is 4.62. The summed E-state index contributed by atoms with van der Waals surface area (Å²) in [5.74, 6) is 0.596. The van der Waals surface area contributed by atoms with Crippen LogP contribution in [-0.2, 0) is 6.18 Å². The lowest BCUT2D eigenvalue weighted by Crippen LogP contribution is -2.38. The molecule has 2 fully saturated rings. The number of aromatic amines is 1. The quantitative estimate of drug-likeness (QED) is 0.856. The Morgan fingerprint density at radius 3 is 2.41 bits per heavy atom. The molecule has 7 heteroatoms. The van der Waals surface area contributed by atoms with E-state index in [2.05, 4.69) is 15.1 Å². The summed E-state index contributed by atoms with van der Waals surface area (Å²) in [4.78, 5) is 4.41. The molecule has 0 unspecified atom stereocenters. The number of piperidine rings is 1. The highest BCUT2D eigenvalue weighted by molar-refractivity contribution is 5.69. The Bertz CT molecular complexity index is 743. The number of nitrogens with one attached hydrogen (secondary N) is 1. The van der Waals surface area contributed by atoms with E-state index < -0.39 is 11.7 Å². The van der Waals surface area contributed by atoms with E-state index in [1.807, 2.05) is 4.90 Å². The van der Waals surface area contributed by atoms with Gasteiger partial charge in [0.05, 0.1) is 11.8 Å². The number of anilines is 1. The summed E-state index contributed by atoms with van der Waals surface area (Å²) < 4.78 is 41.1. The van der Waals surface area contributed by atoms with Crippen LogP contribution in [0.25, 0.3) is 11.1 Å². The molecule has 0 bridgehead atoms. The van der Waals surface area contributed by atoms with Crippen LogP contribution in [0.4, 0.5) is 18.9 Å². The molecular weight excluding hydrogens is 353 g/mol. The lowest BCUT2D eigenvalue weighted by atomic mass is 9.94. The second-order valence-corrected chi connectivity index (χ2v) is 7.65. The third-order valence-corrected chi connectivity index (χ3v) is 5.80. The number of hydrogen-bond donors (Lipinski definition) is 1. The van der Waals surface area contributed by atoms with Gasteiger partial charge >= 0.3 is 6.18 Å². The Hall–Kier alpha value is -2.02. The molecule has 146 valence electrons. The van der Waals surface area contributed by atoms with Gasteiger partial charge in [0.15, 0.2) is 0 Å². The third kappa shape index (κ3) is 4.13. The maximum atomic E-state index is 13.7. The van der Waals surface area contributed by atoms with Crippen molar-refractivity contribution in [3.8, 4) is 11.1 Å². The molecule has 2 aliphatic rings. The predicted molar refractivity (Wildman–Crippen MR) is 99.6 cm³/mol. The number of nitrogens with zero attached hydrogens (tertiary/aromatic N) is 3. The first-order valence-corrected chi connectivity index (χ1v) is 9.68. The van der Waals surface area contributed by atoms with Crippen LogP contribution in [0.15, 0.2) is 30.6 Å². The van der Waals surface area contributed by atoms with Crippen LogP contribution in [0.5, 0.6) is 0 Å². The topological polar surface area (TPSA) is 35.2 Å². The van der Waals surface area contributed by atoms with E-state index in [0.29, 0.717) is 35.8 Å². The molecule has 0 atom stereocenters. The van der Waals surface area contributed by atoms with Gasteiger partial charge in [0.25, 0.3) is 0 Å². The maximum Gasteiger partial charge on any atom is 0.418 e. The largest absolute Gasteiger partial charge is 0.418 e. The lowest BCUT2D eigenvalue weighted by molar-refractivity contribution is -0.137. The van der Waals surface area contributed by atoms with Crippen LogP contribution in [-0.4, -0.2) is 47.8 Å². The molecule has 2 aromatic rings. The van der Waals surface area contributed by atoms with E-state index in [4.69, 9.17) is 0 Å². The average molecular weight is 378 g/mol. The van der Waals surface area contributed by atoms with Crippen LogP contribution < -0.4 is 4.90 Å². The number of hydrogen-bond acceptors (Lipinski definition) is 3. The number of aromatic nitrogens is 2. The van der Waals surface area contributed by atoms with Crippen molar-refractivity contribution in [2.45, 2.75) is 31.9 Å². The Balaban J connectivity index is 1.49. The number of rotatable bonds is 4. The van der Waals surface area contributed by atoms with Gasteiger partial charge in [-0.3, -0.25) is 5.10 Å². The van der Waals surface area contributed by atoms with E-state index in [-0.39, 0.29) is 0 Å². The van der Waals surface area contributed by atoms with Crippen molar-refractivity contribution in [3.05, 3.63) is 36.2 Å². The zero-order chi connectivity index (χ0) is 18.9. The Labute approximate surface area is 157 Å². The number of alkyl halides is 3. The Kier molecular flexibility index (Phi) is 5.12. The highest BCUT2D eigenvalue weighted by Crippen LogP contribution is 2.40. The van der Waals surface area contributed by atoms with Gasteiger partial charge in [0.1, 0.15) is 0 Å². The van der Waals surface area contributed by atoms with Crippen molar-refractivity contribution in [1.29, 1.82) is 0 Å². The first-order chi connectivity index (χ1) is 13.0. The highest BCUT2D eigenvalue weighted by atomic mass is 19.4. The Morgan fingerprint density at radius 2 is 1.78 bits per heavy atom. The van der Waals surface area contributed by atoms with Crippen molar-refractivity contribution in [1.82, 2.24) is 15.1 Å². The SMILES string of the molecule is FC(F)(F)c1cc(-c2cn[nH]c2)ccc1N1CCC(CN2CCCC2)CC1. The monoisotopic (exact) mass is 378 g/mol. The molecule has 1 aromatic carbocycles. The second kappa shape index (κ2) is 7.54. The molecule has 27 heavy (non-hydrogen) atoms. The van der Waals surface area contributed by atoms with Gasteiger partial charge in [0.2, 0.25) is 0 Å². The minimum atomic E-state index is -4.37. The van der Waals surface area contributed by atoms with Gasteiger partial charge in [-0.25, -0.2) is 0 Å². The molecule has 1 N–H and O–H groups in total. The fourth-order valence-electron chi connectivity index (χ4n) is 4.31. The normalized spacial score (nSPS) is 19.7. The van der Waals surface area contributed by atoms with Crippen LogP contribution in [0.1, 0.15) is 31.2 Å². The van der Waals surface area contributed by atoms with E-state index in [9.17, 15) is 13.2 Å². The van der Waals surface area contributed by atoms with E-state index in [1.54, 1.807) is 24.5 Å². The van der Waals surface area contributed by atoms with Gasteiger partial charge in [0, 0.05) is 37.1 Å². The number of benzene rings is 1. The summed E-state index contributed by atoms with van der Waals surface area (Å²) in [7, 11) is 0. The molecule has 2 saturated heterocycles. The predicted octanol–water partition coefficient (Wildman–Crippen LogP) is 4.41. The maximum absolute atomic E-state index is 13.7. The fourth-order valence-corrected chi connectivity index (χ4v) is 4.31. The van der Waals surface area contributed by atoms with Gasteiger partial charge in [-0.2, -0.15) is 18.3 Å². The van der Waals surface area contributed by atoms with Gasteiger partial charge in [-0.1, -0.05) is 6.07 Å². The zero-order valence-electron chi connectivity index (χ0n) is 15.3. The molecule has 0 amide bonds. The molecular formula is C20H25F3N4. The minimum absolute atomic E-state index is 0.300. The van der Waals surface area contributed by atoms with Gasteiger partial charge < -0.3 is 9.80 Å². The first-order valence-electron chi connectivity index (χ1n) is 9.68. The molecule has 0 aliphatic carbocycles. The lowest BCUT2D eigenvalue weighted by Gasteiger charge is -2.36. The van der Waals surface area contributed by atoms with Gasteiger partial charge in [-0.15, -0.1) is 0 Å². The molecule has 2 aliphatic heterocycles. The minimum Gasteiger partial charge on any atom is -0.371 e. The zero-order valence-corrected chi connectivity index (χ0v) is 15.3. The van der Waals surface area contributed by atoms with Crippen LogP contribution in [0, 0.1) is 5.92 Å². The highest BCUT2D eigenvalue weighted by Gasteiger charge is 2.36. The summed E-state index contributed by atoms with van der Waals surface area (Å²) in [6.45, 7) is 4.82. The smallest absolute Gasteiger partial charge is 0.371 e. The van der Waals surface area contributed by atoms with Crippen molar-refractivity contribution in [3.63, 3.8) is 0 Å². The molecule has 3 heterocycles. The van der Waals surface area contributed by atoms with Gasteiger partial charge in [-0.05, 0) is 62.4 Å². The van der Waals surface area contributed by atoms with Crippen molar-refractivity contribution in [2.24, 2.45) is 5.92 Å². The second-order valence-electron chi connectivity index (χ2n) is 7.65. The standard InChI is InChI=1S/C20H25F3N4/c21-20(22,23)18-11-16(17-12-24-25-13-17)3-4-19(18)27-9-5-15(6-10-27)14-26-7-1-2-8-26/h3-4,11-13,15H,1-2,5-10,14H2,(H,24,25). The molecule has 0 radical (unpaired) electrons. The van der Waals surface area contributed by atoms with Crippen LogP contribution in [0.3, 0.4) is 0 Å². The number of H-pyrrole nitrogens is 1. The van der Waals surface area contributed by atoms with Crippen LogP contribution in [0.2, 0.25) is 0 Å². The first kappa shape index (κ1) is 18.3. The number of likely N-dealkylation sites (tertiary alicyclic amines) is 1. The molecule has 0 spiro atoms. The summed E-state index contributed by atoms with van der Waals surface area (Å²) >= 11 is 0. The molecule has 1 aromatic heterocycles. The molecule has 4 rings (SSSR count). The van der Waals surface area contributed by atoms with Crippen molar-refractivity contribution in [2.75, 3.05) is 37.6 Å². The van der Waals surface area contributed by atoms with Crippen molar-refractivity contribution >= 4 is 5.69 Å². The average Bonchev–Trinajstić information content (AvgIpc) is 3.35.